The quantitative estimate of drug-likeness (QED) is 0.844. The Bertz CT molecular complexity index is 942. The lowest BCUT2D eigenvalue weighted by Crippen LogP contribution is -2.48. The van der Waals surface area contributed by atoms with Crippen LogP contribution < -0.4 is 10.2 Å². The number of anilines is 1. The van der Waals surface area contributed by atoms with Crippen molar-refractivity contribution < 1.29 is 18.8 Å². The van der Waals surface area contributed by atoms with Crippen molar-refractivity contribution in [2.24, 2.45) is 5.92 Å². The van der Waals surface area contributed by atoms with Crippen LogP contribution in [0.25, 0.3) is 0 Å². The molecule has 0 aliphatic carbocycles. The summed E-state index contributed by atoms with van der Waals surface area (Å²) >= 11 is 0. The molecule has 1 N–H and O–H groups in total. The molecule has 2 aliphatic heterocycles. The maximum Gasteiger partial charge on any atom is 0.251 e. The predicted molar refractivity (Wildman–Crippen MR) is 110 cm³/mol. The summed E-state index contributed by atoms with van der Waals surface area (Å²) in [4.78, 5) is 40.7. The minimum atomic E-state index is -0.465. The number of nitrogens with zero attached hydrogens (tertiary/aromatic N) is 2. The molecule has 0 aromatic heterocycles. The Morgan fingerprint density at radius 3 is 2.33 bits per heavy atom. The van der Waals surface area contributed by atoms with E-state index in [1.807, 2.05) is 18.2 Å². The highest BCUT2D eigenvalue weighted by Gasteiger charge is 2.38. The zero-order valence-corrected chi connectivity index (χ0v) is 16.6. The predicted octanol–water partition coefficient (Wildman–Crippen LogP) is 2.60. The number of piperidine rings is 1. The minimum Gasteiger partial charge on any atom is -0.349 e. The fourth-order valence-corrected chi connectivity index (χ4v) is 4.14. The van der Waals surface area contributed by atoms with E-state index in [1.165, 1.54) is 11.0 Å². The van der Waals surface area contributed by atoms with Crippen molar-refractivity contribution >= 4 is 23.4 Å². The highest BCUT2D eigenvalue weighted by atomic mass is 19.1. The molecule has 2 fully saturated rings. The Labute approximate surface area is 174 Å². The van der Waals surface area contributed by atoms with Gasteiger partial charge in [0.2, 0.25) is 11.8 Å². The van der Waals surface area contributed by atoms with Crippen LogP contribution in [0.1, 0.15) is 29.6 Å². The van der Waals surface area contributed by atoms with Crippen LogP contribution >= 0.6 is 0 Å². The molecule has 0 radical (unpaired) electrons. The third kappa shape index (κ3) is 4.20. The van der Waals surface area contributed by atoms with E-state index in [4.69, 9.17) is 0 Å². The van der Waals surface area contributed by atoms with Crippen molar-refractivity contribution in [2.45, 2.75) is 25.3 Å². The van der Waals surface area contributed by atoms with Crippen LogP contribution in [0.5, 0.6) is 0 Å². The van der Waals surface area contributed by atoms with E-state index in [9.17, 15) is 18.8 Å². The number of hydrogen-bond donors (Lipinski definition) is 1. The van der Waals surface area contributed by atoms with E-state index < -0.39 is 11.7 Å². The first-order chi connectivity index (χ1) is 14.5. The number of para-hydroxylation sites is 1. The number of carbonyl (C=O) groups excluding carboxylic acids is 3. The van der Waals surface area contributed by atoms with Gasteiger partial charge in [-0.2, -0.15) is 0 Å². The Morgan fingerprint density at radius 1 is 0.967 bits per heavy atom. The lowest BCUT2D eigenvalue weighted by Gasteiger charge is -2.33. The Hall–Kier alpha value is -3.22. The highest BCUT2D eigenvalue weighted by Crippen LogP contribution is 2.29. The van der Waals surface area contributed by atoms with E-state index in [1.54, 1.807) is 35.2 Å². The molecular weight excluding hydrogens is 385 g/mol. The van der Waals surface area contributed by atoms with Crippen LogP contribution in [-0.4, -0.2) is 48.3 Å². The fraction of sp³-hybridized carbons (Fsp3) is 0.348. The summed E-state index contributed by atoms with van der Waals surface area (Å²) < 4.78 is 14.0. The van der Waals surface area contributed by atoms with Gasteiger partial charge in [0.25, 0.3) is 5.91 Å². The molecule has 0 saturated carbocycles. The lowest BCUT2D eigenvalue weighted by atomic mass is 10.0. The first-order valence-electron chi connectivity index (χ1n) is 10.2. The van der Waals surface area contributed by atoms with Gasteiger partial charge in [0.05, 0.1) is 11.6 Å². The summed E-state index contributed by atoms with van der Waals surface area (Å²) in [6.45, 7) is 1.26. The van der Waals surface area contributed by atoms with Crippen LogP contribution in [0, 0.1) is 11.7 Å². The number of carbonyl (C=O) groups is 3. The van der Waals surface area contributed by atoms with Gasteiger partial charge in [-0.15, -0.1) is 0 Å². The lowest BCUT2D eigenvalue weighted by molar-refractivity contribution is -0.136. The second-order valence-electron chi connectivity index (χ2n) is 7.80. The molecular formula is C23H24FN3O3. The molecule has 156 valence electrons. The Balaban J connectivity index is 1.31. The van der Waals surface area contributed by atoms with Crippen LogP contribution in [0.2, 0.25) is 0 Å². The zero-order valence-electron chi connectivity index (χ0n) is 16.6. The van der Waals surface area contributed by atoms with Gasteiger partial charge in [-0.05, 0) is 37.1 Å². The van der Waals surface area contributed by atoms with Crippen molar-refractivity contribution in [1.29, 1.82) is 0 Å². The second kappa shape index (κ2) is 8.65. The zero-order chi connectivity index (χ0) is 21.1. The molecule has 4 rings (SSSR count). The van der Waals surface area contributed by atoms with Gasteiger partial charge < -0.3 is 15.1 Å². The maximum atomic E-state index is 14.0. The highest BCUT2D eigenvalue weighted by molar-refractivity contribution is 6.00. The summed E-state index contributed by atoms with van der Waals surface area (Å²) in [6, 6.07) is 15.2. The van der Waals surface area contributed by atoms with E-state index in [-0.39, 0.29) is 42.4 Å². The number of nitrogens with one attached hydrogen (secondary N) is 1. The third-order valence-corrected chi connectivity index (χ3v) is 5.80. The molecule has 1 atom stereocenters. The summed E-state index contributed by atoms with van der Waals surface area (Å²) in [7, 11) is 0. The molecule has 0 spiro atoms. The van der Waals surface area contributed by atoms with Crippen molar-refractivity contribution in [3.8, 4) is 0 Å². The van der Waals surface area contributed by atoms with Crippen molar-refractivity contribution in [3.05, 3.63) is 66.0 Å². The number of halogens is 1. The number of likely N-dealkylation sites (tertiary alicyclic amines) is 1. The first kappa shape index (κ1) is 20.1. The summed E-state index contributed by atoms with van der Waals surface area (Å²) in [6.07, 6.45) is 1.43. The summed E-state index contributed by atoms with van der Waals surface area (Å²) in [5.41, 5.74) is 0.842. The number of benzene rings is 2. The normalized spacial score (nSPS) is 19.8. The molecule has 2 aromatic rings. The second-order valence-corrected chi connectivity index (χ2v) is 7.80. The maximum absolute atomic E-state index is 14.0. The molecule has 0 bridgehead atoms. The molecule has 2 aromatic carbocycles. The van der Waals surface area contributed by atoms with Gasteiger partial charge in [-0.25, -0.2) is 4.39 Å². The van der Waals surface area contributed by atoms with Gasteiger partial charge in [-0.1, -0.05) is 30.3 Å². The van der Waals surface area contributed by atoms with Gasteiger partial charge in [0.1, 0.15) is 5.82 Å². The van der Waals surface area contributed by atoms with Crippen LogP contribution in [-0.2, 0) is 9.59 Å². The molecule has 2 heterocycles. The standard InChI is InChI=1S/C23H24FN3O3/c24-19-8-4-5-9-20(19)27-15-17(14-21(27)28)23(30)26-12-10-18(11-13-26)25-22(29)16-6-2-1-3-7-16/h1-9,17-18H,10-15H2,(H,25,29)/t17-/m1/s1. The molecule has 6 nitrogen and oxygen atoms in total. The van der Waals surface area contributed by atoms with Crippen molar-refractivity contribution in [3.63, 3.8) is 0 Å². The van der Waals surface area contributed by atoms with Gasteiger partial charge >= 0.3 is 0 Å². The Morgan fingerprint density at radius 2 is 1.63 bits per heavy atom. The summed E-state index contributed by atoms with van der Waals surface area (Å²) in [5, 5.41) is 3.03. The number of rotatable bonds is 4. The first-order valence-corrected chi connectivity index (χ1v) is 10.2. The largest absolute Gasteiger partial charge is 0.349 e. The average molecular weight is 409 g/mol. The SMILES string of the molecule is O=C(NC1CCN(C(=O)[C@@H]2CC(=O)N(c3ccccc3F)C2)CC1)c1ccccc1. The van der Waals surface area contributed by atoms with E-state index in [2.05, 4.69) is 5.32 Å². The van der Waals surface area contributed by atoms with Crippen molar-refractivity contribution in [2.75, 3.05) is 24.5 Å². The fourth-order valence-electron chi connectivity index (χ4n) is 4.14. The summed E-state index contributed by atoms with van der Waals surface area (Å²) in [5.74, 6) is -1.35. The van der Waals surface area contributed by atoms with Crippen molar-refractivity contribution in [1.82, 2.24) is 10.2 Å². The van der Waals surface area contributed by atoms with E-state index in [0.29, 0.717) is 31.5 Å². The Kier molecular flexibility index (Phi) is 5.79. The van der Waals surface area contributed by atoms with E-state index in [0.717, 1.165) is 0 Å². The molecule has 2 saturated heterocycles. The minimum absolute atomic E-state index is 0.0156. The van der Waals surface area contributed by atoms with Gasteiger partial charge in [0, 0.05) is 37.7 Å². The monoisotopic (exact) mass is 409 g/mol. The number of hydrogen-bond acceptors (Lipinski definition) is 3. The van der Waals surface area contributed by atoms with Gasteiger partial charge in [0.15, 0.2) is 0 Å². The van der Waals surface area contributed by atoms with Crippen LogP contribution in [0.15, 0.2) is 54.6 Å². The number of amides is 3. The van der Waals surface area contributed by atoms with Crippen LogP contribution in [0.3, 0.4) is 0 Å². The molecule has 2 aliphatic rings. The topological polar surface area (TPSA) is 69.7 Å². The smallest absolute Gasteiger partial charge is 0.251 e. The molecule has 30 heavy (non-hydrogen) atoms. The van der Waals surface area contributed by atoms with E-state index >= 15 is 0 Å². The average Bonchev–Trinajstić information content (AvgIpc) is 3.16. The molecule has 7 heteroatoms. The van der Waals surface area contributed by atoms with Gasteiger partial charge in [-0.3, -0.25) is 14.4 Å². The van der Waals surface area contributed by atoms with Crippen LogP contribution in [0.4, 0.5) is 10.1 Å². The third-order valence-electron chi connectivity index (χ3n) is 5.80. The molecule has 0 unspecified atom stereocenters. The molecule has 3 amide bonds.